The number of aromatic nitrogens is 3. The van der Waals surface area contributed by atoms with Crippen LogP contribution in [0, 0.1) is 0 Å². The van der Waals surface area contributed by atoms with Gasteiger partial charge >= 0.3 is 0 Å². The molecule has 0 aliphatic heterocycles. The number of amides is 1. The Morgan fingerprint density at radius 3 is 3.00 bits per heavy atom. The van der Waals surface area contributed by atoms with E-state index in [0.29, 0.717) is 29.7 Å². The Bertz CT molecular complexity index is 624. The third-order valence-corrected chi connectivity index (χ3v) is 3.50. The van der Waals surface area contributed by atoms with Crippen LogP contribution in [0.2, 0.25) is 5.02 Å². The summed E-state index contributed by atoms with van der Waals surface area (Å²) in [6, 6.07) is 5.87. The first-order valence-electron chi connectivity index (χ1n) is 6.90. The molecular formula is C14H16ClN5O. The molecule has 1 saturated carbocycles. The van der Waals surface area contributed by atoms with Crippen LogP contribution in [-0.4, -0.2) is 33.3 Å². The van der Waals surface area contributed by atoms with Gasteiger partial charge in [-0.1, -0.05) is 11.6 Å². The summed E-state index contributed by atoms with van der Waals surface area (Å²) in [5.41, 5.74) is 1.37. The van der Waals surface area contributed by atoms with Gasteiger partial charge in [-0.2, -0.15) is 5.10 Å². The summed E-state index contributed by atoms with van der Waals surface area (Å²) in [6.07, 6.45) is 5.88. The molecule has 0 atom stereocenters. The highest BCUT2D eigenvalue weighted by molar-refractivity contribution is 6.31. The Balaban J connectivity index is 1.68. The van der Waals surface area contributed by atoms with Gasteiger partial charge in [-0.3, -0.25) is 4.79 Å². The lowest BCUT2D eigenvalue weighted by atomic mass is 10.2. The third kappa shape index (κ3) is 3.80. The number of carbonyl (C=O) groups is 1. The van der Waals surface area contributed by atoms with Crippen molar-refractivity contribution in [1.82, 2.24) is 20.1 Å². The van der Waals surface area contributed by atoms with Crippen LogP contribution in [0.3, 0.4) is 0 Å². The number of nitrogens with zero attached hydrogens (tertiary/aromatic N) is 3. The Hall–Kier alpha value is -1.92. The van der Waals surface area contributed by atoms with Crippen molar-refractivity contribution < 1.29 is 4.79 Å². The molecule has 1 heterocycles. The van der Waals surface area contributed by atoms with Crippen molar-refractivity contribution >= 4 is 23.2 Å². The number of benzene rings is 1. The lowest BCUT2D eigenvalue weighted by Gasteiger charge is -2.11. The smallest absolute Gasteiger partial charge is 0.225 e. The minimum Gasteiger partial charge on any atom is -0.324 e. The van der Waals surface area contributed by atoms with Crippen LogP contribution in [0.4, 0.5) is 5.69 Å². The molecule has 7 heteroatoms. The molecule has 2 N–H and O–H groups in total. The zero-order valence-electron chi connectivity index (χ0n) is 11.4. The Morgan fingerprint density at radius 1 is 1.43 bits per heavy atom. The van der Waals surface area contributed by atoms with E-state index in [1.54, 1.807) is 29.2 Å². The van der Waals surface area contributed by atoms with Gasteiger partial charge in [0.25, 0.3) is 0 Å². The van der Waals surface area contributed by atoms with E-state index in [0.717, 1.165) is 5.69 Å². The lowest BCUT2D eigenvalue weighted by molar-refractivity contribution is -0.116. The predicted molar refractivity (Wildman–Crippen MR) is 80.6 cm³/mol. The van der Waals surface area contributed by atoms with E-state index >= 15 is 0 Å². The maximum absolute atomic E-state index is 12.0. The molecule has 1 aliphatic carbocycles. The van der Waals surface area contributed by atoms with Gasteiger partial charge in [-0.05, 0) is 31.0 Å². The van der Waals surface area contributed by atoms with E-state index in [-0.39, 0.29) is 5.91 Å². The van der Waals surface area contributed by atoms with Crippen molar-refractivity contribution in [3.8, 4) is 5.69 Å². The number of nitrogens with one attached hydrogen (secondary N) is 2. The lowest BCUT2D eigenvalue weighted by Crippen LogP contribution is -2.23. The largest absolute Gasteiger partial charge is 0.324 e. The van der Waals surface area contributed by atoms with E-state index in [1.807, 2.05) is 0 Å². The summed E-state index contributed by atoms with van der Waals surface area (Å²) in [6.45, 7) is 0.690. The molecular weight excluding hydrogens is 290 g/mol. The molecule has 0 spiro atoms. The van der Waals surface area contributed by atoms with Crippen LogP contribution in [0.1, 0.15) is 19.3 Å². The fourth-order valence-corrected chi connectivity index (χ4v) is 2.20. The normalized spacial score (nSPS) is 14.1. The number of hydrogen-bond donors (Lipinski definition) is 2. The van der Waals surface area contributed by atoms with E-state index < -0.39 is 0 Å². The number of hydrogen-bond acceptors (Lipinski definition) is 4. The number of anilines is 1. The zero-order chi connectivity index (χ0) is 14.7. The van der Waals surface area contributed by atoms with Crippen molar-refractivity contribution in [2.75, 3.05) is 11.9 Å². The summed E-state index contributed by atoms with van der Waals surface area (Å²) >= 11 is 6.01. The van der Waals surface area contributed by atoms with Gasteiger partial charge in [0.1, 0.15) is 12.7 Å². The quantitative estimate of drug-likeness (QED) is 0.856. The molecule has 1 aromatic heterocycles. The average molecular weight is 306 g/mol. The highest BCUT2D eigenvalue weighted by Gasteiger charge is 2.20. The number of rotatable bonds is 6. The molecule has 1 aromatic carbocycles. The van der Waals surface area contributed by atoms with Gasteiger partial charge < -0.3 is 10.6 Å². The van der Waals surface area contributed by atoms with E-state index in [9.17, 15) is 4.79 Å². The topological polar surface area (TPSA) is 71.8 Å². The van der Waals surface area contributed by atoms with Crippen LogP contribution in [0.15, 0.2) is 30.9 Å². The molecule has 1 amide bonds. The van der Waals surface area contributed by atoms with Gasteiger partial charge in [0.05, 0.1) is 11.4 Å². The number of carbonyl (C=O) groups excluding carboxylic acids is 1. The van der Waals surface area contributed by atoms with Gasteiger partial charge in [0, 0.05) is 24.0 Å². The second-order valence-corrected chi connectivity index (χ2v) is 5.46. The van der Waals surface area contributed by atoms with Crippen molar-refractivity contribution in [3.05, 3.63) is 35.9 Å². The van der Waals surface area contributed by atoms with Crippen LogP contribution >= 0.6 is 11.6 Å². The standard InChI is InChI=1S/C14H16ClN5O/c15-10-1-4-13(20-9-16-8-18-20)12(7-10)19-14(21)5-6-17-11-2-3-11/h1,4,7-9,11,17H,2-3,5-6H2,(H,19,21). The first kappa shape index (κ1) is 14.0. The van der Waals surface area contributed by atoms with Gasteiger partial charge in [0.15, 0.2) is 0 Å². The highest BCUT2D eigenvalue weighted by Crippen LogP contribution is 2.24. The Kier molecular flexibility index (Phi) is 4.17. The monoisotopic (exact) mass is 305 g/mol. The second kappa shape index (κ2) is 6.24. The average Bonchev–Trinajstić information content (AvgIpc) is 3.11. The molecule has 110 valence electrons. The minimum absolute atomic E-state index is 0.0493. The molecule has 21 heavy (non-hydrogen) atoms. The van der Waals surface area contributed by atoms with E-state index in [2.05, 4.69) is 20.7 Å². The third-order valence-electron chi connectivity index (χ3n) is 3.26. The summed E-state index contributed by atoms with van der Waals surface area (Å²) in [7, 11) is 0. The van der Waals surface area contributed by atoms with Crippen LogP contribution in [0.5, 0.6) is 0 Å². The Morgan fingerprint density at radius 2 is 2.29 bits per heavy atom. The van der Waals surface area contributed by atoms with Crippen LogP contribution in [-0.2, 0) is 4.79 Å². The fourth-order valence-electron chi connectivity index (χ4n) is 2.03. The SMILES string of the molecule is O=C(CCNC1CC1)Nc1cc(Cl)ccc1-n1cncn1. The Labute approximate surface area is 127 Å². The molecule has 1 fully saturated rings. The first-order chi connectivity index (χ1) is 10.2. The minimum atomic E-state index is -0.0493. The van der Waals surface area contributed by atoms with Gasteiger partial charge in [-0.25, -0.2) is 9.67 Å². The second-order valence-electron chi connectivity index (χ2n) is 5.03. The fraction of sp³-hybridized carbons (Fsp3) is 0.357. The molecule has 3 rings (SSSR count). The summed E-state index contributed by atoms with van der Waals surface area (Å²) in [5, 5.41) is 10.8. The molecule has 0 radical (unpaired) electrons. The van der Waals surface area contributed by atoms with Crippen molar-refractivity contribution in [2.24, 2.45) is 0 Å². The van der Waals surface area contributed by atoms with Gasteiger partial charge in [0.2, 0.25) is 5.91 Å². The van der Waals surface area contributed by atoms with E-state index in [4.69, 9.17) is 11.6 Å². The molecule has 0 unspecified atom stereocenters. The van der Waals surface area contributed by atoms with Crippen LogP contribution < -0.4 is 10.6 Å². The number of halogens is 1. The maximum atomic E-state index is 12.0. The molecule has 0 bridgehead atoms. The summed E-state index contributed by atoms with van der Waals surface area (Å²) in [4.78, 5) is 15.9. The van der Waals surface area contributed by atoms with E-state index in [1.165, 1.54) is 19.2 Å². The highest BCUT2D eigenvalue weighted by atomic mass is 35.5. The predicted octanol–water partition coefficient (Wildman–Crippen LogP) is 2.00. The zero-order valence-corrected chi connectivity index (χ0v) is 12.2. The molecule has 1 aliphatic rings. The van der Waals surface area contributed by atoms with Crippen LogP contribution in [0.25, 0.3) is 5.69 Å². The first-order valence-corrected chi connectivity index (χ1v) is 7.28. The van der Waals surface area contributed by atoms with Gasteiger partial charge in [-0.15, -0.1) is 0 Å². The summed E-state index contributed by atoms with van der Waals surface area (Å²) in [5.74, 6) is -0.0493. The summed E-state index contributed by atoms with van der Waals surface area (Å²) < 4.78 is 1.59. The molecule has 6 nitrogen and oxygen atoms in total. The van der Waals surface area contributed by atoms with Crippen molar-refractivity contribution in [3.63, 3.8) is 0 Å². The molecule has 2 aromatic rings. The van der Waals surface area contributed by atoms with Crippen molar-refractivity contribution in [1.29, 1.82) is 0 Å². The van der Waals surface area contributed by atoms with Crippen molar-refractivity contribution in [2.45, 2.75) is 25.3 Å². The molecule has 0 saturated heterocycles. The maximum Gasteiger partial charge on any atom is 0.225 e.